The van der Waals surface area contributed by atoms with Gasteiger partial charge in [0.15, 0.2) is 0 Å². The molecule has 0 radical (unpaired) electrons. The van der Waals surface area contributed by atoms with Crippen molar-refractivity contribution in [2.45, 2.75) is 13.8 Å². The van der Waals surface area contributed by atoms with Gasteiger partial charge in [0.05, 0.1) is 10.6 Å². The molecule has 0 fully saturated rings. The Morgan fingerprint density at radius 3 is 2.78 bits per heavy atom. The van der Waals surface area contributed by atoms with Crippen LogP contribution in [0.15, 0.2) is 36.7 Å². The molecule has 1 amide bonds. The first-order valence-corrected chi connectivity index (χ1v) is 5.94. The van der Waals surface area contributed by atoms with Gasteiger partial charge in [0.1, 0.15) is 0 Å². The monoisotopic (exact) mass is 260 g/mol. The number of hydrogen-bond donors (Lipinski definition) is 1. The fraction of sp³-hybridized carbons (Fsp3) is 0.143. The summed E-state index contributed by atoms with van der Waals surface area (Å²) in [7, 11) is 0. The van der Waals surface area contributed by atoms with Crippen LogP contribution in [-0.4, -0.2) is 10.9 Å². The van der Waals surface area contributed by atoms with Crippen molar-refractivity contribution >= 4 is 23.2 Å². The SMILES string of the molecule is Cc1cccc(NC(=O)c2cnccc2Cl)c1C. The lowest BCUT2D eigenvalue weighted by molar-refractivity contribution is 0.102. The first kappa shape index (κ1) is 12.6. The molecule has 0 aliphatic rings. The highest BCUT2D eigenvalue weighted by molar-refractivity contribution is 6.34. The van der Waals surface area contributed by atoms with Gasteiger partial charge in [-0.05, 0) is 37.1 Å². The Labute approximate surface area is 111 Å². The molecule has 4 heteroatoms. The van der Waals surface area contributed by atoms with E-state index in [0.29, 0.717) is 10.6 Å². The van der Waals surface area contributed by atoms with Gasteiger partial charge < -0.3 is 5.32 Å². The van der Waals surface area contributed by atoms with Crippen molar-refractivity contribution < 1.29 is 4.79 Å². The van der Waals surface area contributed by atoms with Crippen molar-refractivity contribution in [3.8, 4) is 0 Å². The lowest BCUT2D eigenvalue weighted by atomic mass is 10.1. The maximum Gasteiger partial charge on any atom is 0.258 e. The van der Waals surface area contributed by atoms with E-state index in [9.17, 15) is 4.79 Å². The third kappa shape index (κ3) is 2.51. The number of carbonyl (C=O) groups excluding carboxylic acids is 1. The van der Waals surface area contributed by atoms with Crippen LogP contribution < -0.4 is 5.32 Å². The van der Waals surface area contributed by atoms with Gasteiger partial charge in [-0.1, -0.05) is 23.7 Å². The maximum absolute atomic E-state index is 12.1. The normalized spacial score (nSPS) is 10.2. The third-order valence-corrected chi connectivity index (χ3v) is 3.19. The van der Waals surface area contributed by atoms with Crippen molar-refractivity contribution in [1.29, 1.82) is 0 Å². The molecule has 1 aromatic carbocycles. The quantitative estimate of drug-likeness (QED) is 0.896. The second-order valence-electron chi connectivity index (χ2n) is 4.06. The minimum Gasteiger partial charge on any atom is -0.322 e. The summed E-state index contributed by atoms with van der Waals surface area (Å²) in [5.74, 6) is -0.248. The molecule has 92 valence electrons. The van der Waals surface area contributed by atoms with Crippen LogP contribution in [0.2, 0.25) is 5.02 Å². The lowest BCUT2D eigenvalue weighted by Gasteiger charge is -2.10. The molecule has 0 aliphatic heterocycles. The topological polar surface area (TPSA) is 42.0 Å². The van der Waals surface area contributed by atoms with E-state index in [1.54, 1.807) is 12.3 Å². The predicted octanol–water partition coefficient (Wildman–Crippen LogP) is 3.60. The number of anilines is 1. The smallest absolute Gasteiger partial charge is 0.258 e. The molecule has 2 aromatic rings. The molecule has 0 saturated carbocycles. The number of aromatic nitrogens is 1. The molecular formula is C14H13ClN2O. The van der Waals surface area contributed by atoms with Gasteiger partial charge in [0.25, 0.3) is 5.91 Å². The second kappa shape index (κ2) is 5.19. The summed E-state index contributed by atoms with van der Waals surface area (Å²) in [5.41, 5.74) is 3.34. The Morgan fingerprint density at radius 2 is 2.06 bits per heavy atom. The third-order valence-electron chi connectivity index (χ3n) is 2.87. The molecular weight excluding hydrogens is 248 g/mol. The summed E-state index contributed by atoms with van der Waals surface area (Å²) in [6, 6.07) is 7.37. The van der Waals surface area contributed by atoms with Crippen LogP contribution in [-0.2, 0) is 0 Å². The molecule has 0 saturated heterocycles. The van der Waals surface area contributed by atoms with Gasteiger partial charge in [-0.15, -0.1) is 0 Å². The number of aryl methyl sites for hydroxylation is 1. The van der Waals surface area contributed by atoms with Crippen molar-refractivity contribution in [2.24, 2.45) is 0 Å². The zero-order valence-corrected chi connectivity index (χ0v) is 11.0. The number of benzene rings is 1. The fourth-order valence-corrected chi connectivity index (χ4v) is 1.81. The van der Waals surface area contributed by atoms with Crippen LogP contribution in [0.5, 0.6) is 0 Å². The second-order valence-corrected chi connectivity index (χ2v) is 4.46. The van der Waals surface area contributed by atoms with Crippen LogP contribution in [0.3, 0.4) is 0 Å². The number of hydrogen-bond acceptors (Lipinski definition) is 2. The highest BCUT2D eigenvalue weighted by Crippen LogP contribution is 2.20. The zero-order chi connectivity index (χ0) is 13.1. The molecule has 1 N–H and O–H groups in total. The Hall–Kier alpha value is -1.87. The van der Waals surface area contributed by atoms with E-state index in [4.69, 9.17) is 11.6 Å². The fourth-order valence-electron chi connectivity index (χ4n) is 1.62. The predicted molar refractivity (Wildman–Crippen MR) is 73.1 cm³/mol. The number of halogens is 1. The summed E-state index contributed by atoms with van der Waals surface area (Å²) in [4.78, 5) is 16.0. The first-order valence-electron chi connectivity index (χ1n) is 5.56. The first-order chi connectivity index (χ1) is 8.59. The van der Waals surface area contributed by atoms with Gasteiger partial charge in [0.2, 0.25) is 0 Å². The number of carbonyl (C=O) groups is 1. The molecule has 0 atom stereocenters. The minimum atomic E-state index is -0.248. The van der Waals surface area contributed by atoms with Crippen molar-refractivity contribution in [2.75, 3.05) is 5.32 Å². The molecule has 1 heterocycles. The Morgan fingerprint density at radius 1 is 1.28 bits per heavy atom. The van der Waals surface area contributed by atoms with E-state index in [1.165, 1.54) is 6.20 Å². The van der Waals surface area contributed by atoms with E-state index in [2.05, 4.69) is 10.3 Å². The summed E-state index contributed by atoms with van der Waals surface area (Å²) in [6.07, 6.45) is 3.01. The van der Waals surface area contributed by atoms with E-state index in [0.717, 1.165) is 16.8 Å². The average Bonchev–Trinajstić information content (AvgIpc) is 2.35. The molecule has 18 heavy (non-hydrogen) atoms. The zero-order valence-electron chi connectivity index (χ0n) is 10.2. The molecule has 0 aliphatic carbocycles. The minimum absolute atomic E-state index is 0.248. The van der Waals surface area contributed by atoms with Crippen molar-refractivity contribution in [3.63, 3.8) is 0 Å². The van der Waals surface area contributed by atoms with Gasteiger partial charge in [-0.25, -0.2) is 0 Å². The number of rotatable bonds is 2. The average molecular weight is 261 g/mol. The van der Waals surface area contributed by atoms with Crippen LogP contribution in [0.4, 0.5) is 5.69 Å². The Kier molecular flexibility index (Phi) is 3.63. The van der Waals surface area contributed by atoms with E-state index >= 15 is 0 Å². The van der Waals surface area contributed by atoms with Gasteiger partial charge >= 0.3 is 0 Å². The largest absolute Gasteiger partial charge is 0.322 e. The maximum atomic E-state index is 12.1. The highest BCUT2D eigenvalue weighted by atomic mass is 35.5. The van der Waals surface area contributed by atoms with Crippen LogP contribution in [0.1, 0.15) is 21.5 Å². The van der Waals surface area contributed by atoms with Crippen LogP contribution in [0, 0.1) is 13.8 Å². The number of nitrogens with zero attached hydrogens (tertiary/aromatic N) is 1. The number of nitrogens with one attached hydrogen (secondary N) is 1. The summed E-state index contributed by atoms with van der Waals surface area (Å²) < 4.78 is 0. The lowest BCUT2D eigenvalue weighted by Crippen LogP contribution is -2.13. The van der Waals surface area contributed by atoms with Crippen molar-refractivity contribution in [1.82, 2.24) is 4.98 Å². The molecule has 1 aromatic heterocycles. The molecule has 0 bridgehead atoms. The van der Waals surface area contributed by atoms with Crippen LogP contribution in [0.25, 0.3) is 0 Å². The highest BCUT2D eigenvalue weighted by Gasteiger charge is 2.11. The molecule has 3 nitrogen and oxygen atoms in total. The van der Waals surface area contributed by atoms with Gasteiger partial charge in [-0.3, -0.25) is 9.78 Å². The molecule has 2 rings (SSSR count). The van der Waals surface area contributed by atoms with Crippen LogP contribution >= 0.6 is 11.6 Å². The van der Waals surface area contributed by atoms with E-state index in [-0.39, 0.29) is 5.91 Å². The van der Waals surface area contributed by atoms with Crippen molar-refractivity contribution in [3.05, 3.63) is 58.4 Å². The molecule has 0 unspecified atom stereocenters. The Bertz CT molecular complexity index is 596. The standard InChI is InChI=1S/C14H13ClN2O/c1-9-4-3-5-13(10(9)2)17-14(18)11-8-16-7-6-12(11)15/h3-8H,1-2H3,(H,17,18). The number of amides is 1. The van der Waals surface area contributed by atoms with Gasteiger partial charge in [-0.2, -0.15) is 0 Å². The van der Waals surface area contributed by atoms with Gasteiger partial charge in [0, 0.05) is 18.1 Å². The number of pyridine rings is 1. The van der Waals surface area contributed by atoms with E-state index in [1.807, 2.05) is 32.0 Å². The van der Waals surface area contributed by atoms with E-state index < -0.39 is 0 Å². The summed E-state index contributed by atoms with van der Waals surface area (Å²) >= 11 is 5.96. The molecule has 0 spiro atoms. The summed E-state index contributed by atoms with van der Waals surface area (Å²) in [5, 5.41) is 3.24. The summed E-state index contributed by atoms with van der Waals surface area (Å²) in [6.45, 7) is 3.97. The Balaban J connectivity index is 2.27.